The molecule has 1 saturated heterocycles. The van der Waals surface area contributed by atoms with E-state index in [9.17, 15) is 4.79 Å². The first-order chi connectivity index (χ1) is 10.7. The lowest BCUT2D eigenvalue weighted by Gasteiger charge is -2.38. The summed E-state index contributed by atoms with van der Waals surface area (Å²) in [6.45, 7) is 0.955. The molecule has 1 aliphatic rings. The van der Waals surface area contributed by atoms with Crippen molar-refractivity contribution in [3.8, 4) is 0 Å². The third kappa shape index (κ3) is 3.19. The number of aromatic carboxylic acids is 1. The lowest BCUT2D eigenvalue weighted by molar-refractivity contribution is 0.0697. The van der Waals surface area contributed by atoms with Crippen molar-refractivity contribution in [1.82, 2.24) is 4.98 Å². The molecule has 1 fully saturated rings. The quantitative estimate of drug-likeness (QED) is 0.907. The molecule has 0 unspecified atom stereocenters. The van der Waals surface area contributed by atoms with E-state index < -0.39 is 5.97 Å². The van der Waals surface area contributed by atoms with Gasteiger partial charge >= 0.3 is 5.97 Å². The van der Waals surface area contributed by atoms with Crippen LogP contribution in [-0.2, 0) is 0 Å². The topological polar surface area (TPSA) is 65.5 Å². The Morgan fingerprint density at radius 1 is 1.18 bits per heavy atom. The fraction of sp³-hybridized carbons (Fsp3) is 0.294. The second-order valence-corrected chi connectivity index (χ2v) is 5.42. The van der Waals surface area contributed by atoms with Gasteiger partial charge in [0.1, 0.15) is 12.0 Å². The van der Waals surface area contributed by atoms with Crippen LogP contribution in [0.1, 0.15) is 29.6 Å². The standard InChI is InChI=1S/C17H19N3O2/c21-17(22)13-7-9-14(10-8-13)20-12-4-2-6-16(20)19-15-5-1-3-11-18-15/h1,3,5,7-11,16H,2,4,6,12H2,(H,18,19)(H,21,22)/t16-/m0/s1. The normalized spacial score (nSPS) is 18.0. The van der Waals surface area contributed by atoms with Crippen LogP contribution in [0, 0.1) is 0 Å². The van der Waals surface area contributed by atoms with Gasteiger partial charge in [-0.2, -0.15) is 0 Å². The van der Waals surface area contributed by atoms with Crippen LogP contribution < -0.4 is 10.2 Å². The number of carboxylic acids is 1. The van der Waals surface area contributed by atoms with Gasteiger partial charge in [-0.25, -0.2) is 9.78 Å². The van der Waals surface area contributed by atoms with Crippen molar-refractivity contribution < 1.29 is 9.90 Å². The largest absolute Gasteiger partial charge is 0.478 e. The fourth-order valence-corrected chi connectivity index (χ4v) is 2.80. The summed E-state index contributed by atoms with van der Waals surface area (Å²) in [6.07, 6.45) is 5.31. The molecule has 22 heavy (non-hydrogen) atoms. The smallest absolute Gasteiger partial charge is 0.335 e. The first-order valence-electron chi connectivity index (χ1n) is 7.51. The fourth-order valence-electron chi connectivity index (χ4n) is 2.80. The van der Waals surface area contributed by atoms with Crippen LogP contribution in [0.15, 0.2) is 48.7 Å². The highest BCUT2D eigenvalue weighted by Crippen LogP contribution is 2.25. The number of anilines is 2. The van der Waals surface area contributed by atoms with E-state index >= 15 is 0 Å². The van der Waals surface area contributed by atoms with E-state index in [0.29, 0.717) is 5.56 Å². The first-order valence-corrected chi connectivity index (χ1v) is 7.51. The summed E-state index contributed by atoms with van der Waals surface area (Å²) in [5, 5.41) is 12.5. The molecule has 0 radical (unpaired) electrons. The van der Waals surface area contributed by atoms with Crippen molar-refractivity contribution in [3.63, 3.8) is 0 Å². The van der Waals surface area contributed by atoms with Gasteiger partial charge in [-0.15, -0.1) is 0 Å². The van der Waals surface area contributed by atoms with Gasteiger partial charge in [-0.1, -0.05) is 6.07 Å². The second-order valence-electron chi connectivity index (χ2n) is 5.42. The number of pyridine rings is 1. The predicted octanol–water partition coefficient (Wildman–Crippen LogP) is 3.21. The van der Waals surface area contributed by atoms with Gasteiger partial charge in [0.05, 0.1) is 5.56 Å². The molecule has 114 valence electrons. The van der Waals surface area contributed by atoms with Crippen LogP contribution in [0.3, 0.4) is 0 Å². The molecule has 2 heterocycles. The SMILES string of the molecule is O=C(O)c1ccc(N2CCCC[C@H]2Nc2ccccn2)cc1. The van der Waals surface area contributed by atoms with Crippen LogP contribution in [-0.4, -0.2) is 28.8 Å². The Morgan fingerprint density at radius 3 is 2.68 bits per heavy atom. The molecule has 0 amide bonds. The monoisotopic (exact) mass is 297 g/mol. The van der Waals surface area contributed by atoms with Crippen molar-refractivity contribution in [2.45, 2.75) is 25.4 Å². The van der Waals surface area contributed by atoms with Crippen LogP contribution in [0.25, 0.3) is 0 Å². The maximum absolute atomic E-state index is 11.0. The highest BCUT2D eigenvalue weighted by atomic mass is 16.4. The highest BCUT2D eigenvalue weighted by molar-refractivity contribution is 5.88. The lowest BCUT2D eigenvalue weighted by Crippen LogP contribution is -2.44. The van der Waals surface area contributed by atoms with Gasteiger partial charge in [0.2, 0.25) is 0 Å². The summed E-state index contributed by atoms with van der Waals surface area (Å²) in [4.78, 5) is 17.6. The van der Waals surface area contributed by atoms with Crippen LogP contribution in [0.4, 0.5) is 11.5 Å². The average Bonchev–Trinajstić information content (AvgIpc) is 2.56. The molecular weight excluding hydrogens is 278 g/mol. The molecule has 1 aromatic carbocycles. The Kier molecular flexibility index (Phi) is 4.23. The zero-order valence-electron chi connectivity index (χ0n) is 12.3. The van der Waals surface area contributed by atoms with E-state index in [2.05, 4.69) is 15.2 Å². The Labute approximate surface area is 129 Å². The van der Waals surface area contributed by atoms with E-state index in [1.807, 2.05) is 30.3 Å². The van der Waals surface area contributed by atoms with E-state index in [1.54, 1.807) is 18.3 Å². The molecule has 1 aliphatic heterocycles. The summed E-state index contributed by atoms with van der Waals surface area (Å²) in [7, 11) is 0. The van der Waals surface area contributed by atoms with Crippen molar-refractivity contribution in [2.75, 3.05) is 16.8 Å². The van der Waals surface area contributed by atoms with E-state index in [1.165, 1.54) is 6.42 Å². The van der Waals surface area contributed by atoms with Gasteiger partial charge in [0, 0.05) is 18.4 Å². The third-order valence-electron chi connectivity index (χ3n) is 3.93. The zero-order valence-corrected chi connectivity index (χ0v) is 12.3. The minimum atomic E-state index is -0.895. The Hall–Kier alpha value is -2.56. The minimum absolute atomic E-state index is 0.180. The van der Waals surface area contributed by atoms with Gasteiger partial charge < -0.3 is 15.3 Å². The molecule has 0 saturated carbocycles. The van der Waals surface area contributed by atoms with Gasteiger partial charge in [-0.05, 0) is 55.7 Å². The first kappa shape index (κ1) is 14.4. The van der Waals surface area contributed by atoms with Crippen LogP contribution in [0.5, 0.6) is 0 Å². The molecule has 0 bridgehead atoms. The molecule has 0 spiro atoms. The van der Waals surface area contributed by atoms with Crippen LogP contribution in [0.2, 0.25) is 0 Å². The number of carboxylic acid groups (broad SMARTS) is 1. The zero-order chi connectivity index (χ0) is 15.4. The molecule has 3 rings (SSSR count). The summed E-state index contributed by atoms with van der Waals surface area (Å²) in [5.74, 6) is -0.0325. The summed E-state index contributed by atoms with van der Waals surface area (Å²) in [6, 6.07) is 12.9. The van der Waals surface area contributed by atoms with Gasteiger partial charge in [-0.3, -0.25) is 0 Å². The second kappa shape index (κ2) is 6.47. The molecule has 2 N–H and O–H groups in total. The van der Waals surface area contributed by atoms with E-state index in [4.69, 9.17) is 5.11 Å². The van der Waals surface area contributed by atoms with E-state index in [-0.39, 0.29) is 6.17 Å². The minimum Gasteiger partial charge on any atom is -0.478 e. The number of nitrogens with zero attached hydrogens (tertiary/aromatic N) is 2. The third-order valence-corrected chi connectivity index (χ3v) is 3.93. The van der Waals surface area contributed by atoms with E-state index in [0.717, 1.165) is 30.9 Å². The van der Waals surface area contributed by atoms with Gasteiger partial charge in [0.25, 0.3) is 0 Å². The number of benzene rings is 1. The van der Waals surface area contributed by atoms with Crippen LogP contribution >= 0.6 is 0 Å². The maximum Gasteiger partial charge on any atom is 0.335 e. The number of aromatic nitrogens is 1. The maximum atomic E-state index is 11.0. The summed E-state index contributed by atoms with van der Waals surface area (Å²) < 4.78 is 0. The number of rotatable bonds is 4. The summed E-state index contributed by atoms with van der Waals surface area (Å²) in [5.41, 5.74) is 1.35. The molecular formula is C17H19N3O2. The molecule has 0 aliphatic carbocycles. The number of nitrogens with one attached hydrogen (secondary N) is 1. The van der Waals surface area contributed by atoms with Gasteiger partial charge in [0.15, 0.2) is 0 Å². The predicted molar refractivity (Wildman–Crippen MR) is 86.2 cm³/mol. The Bertz CT molecular complexity index is 628. The number of hydrogen-bond acceptors (Lipinski definition) is 4. The summed E-state index contributed by atoms with van der Waals surface area (Å²) >= 11 is 0. The molecule has 1 atom stereocenters. The van der Waals surface area contributed by atoms with Crippen molar-refractivity contribution in [1.29, 1.82) is 0 Å². The Balaban J connectivity index is 1.78. The number of carbonyl (C=O) groups is 1. The highest BCUT2D eigenvalue weighted by Gasteiger charge is 2.23. The van der Waals surface area contributed by atoms with Crippen molar-refractivity contribution in [2.24, 2.45) is 0 Å². The lowest BCUT2D eigenvalue weighted by atomic mass is 10.1. The molecule has 2 aromatic rings. The number of hydrogen-bond donors (Lipinski definition) is 2. The number of piperidine rings is 1. The molecule has 1 aromatic heterocycles. The van der Waals surface area contributed by atoms with Crippen molar-refractivity contribution >= 4 is 17.5 Å². The molecule has 5 heteroatoms. The Morgan fingerprint density at radius 2 is 2.00 bits per heavy atom. The average molecular weight is 297 g/mol. The van der Waals surface area contributed by atoms with Crippen molar-refractivity contribution in [3.05, 3.63) is 54.2 Å². The molecule has 5 nitrogen and oxygen atoms in total.